The topological polar surface area (TPSA) is 64.6 Å². The molecule has 0 unspecified atom stereocenters. The molecule has 1 N–H and O–H groups in total. The number of esters is 1. The number of carbonyl (C=O) groups excluding carboxylic acids is 2. The fourth-order valence-electron chi connectivity index (χ4n) is 1.88. The number of benzene rings is 1. The molecule has 0 radical (unpaired) electrons. The fraction of sp³-hybridized carbons (Fsp3) is 0.556. The highest BCUT2D eigenvalue weighted by Gasteiger charge is 2.37. The summed E-state index contributed by atoms with van der Waals surface area (Å²) >= 11 is 5.82. The first-order valence-electron chi connectivity index (χ1n) is 8.26. The van der Waals surface area contributed by atoms with E-state index in [2.05, 4.69) is 39.2 Å². The van der Waals surface area contributed by atoms with Crippen molar-refractivity contribution >= 4 is 31.8 Å². The summed E-state index contributed by atoms with van der Waals surface area (Å²) < 4.78 is 10.9. The highest BCUT2D eigenvalue weighted by Crippen LogP contribution is 2.36. The molecule has 1 aromatic carbocycles. The summed E-state index contributed by atoms with van der Waals surface area (Å²) in [6, 6.07) is 5.72. The maximum absolute atomic E-state index is 12.3. The lowest BCUT2D eigenvalue weighted by Crippen LogP contribution is -2.45. The number of amides is 1. The van der Waals surface area contributed by atoms with Crippen LogP contribution < -0.4 is 5.32 Å². The summed E-state index contributed by atoms with van der Waals surface area (Å²) in [6.45, 7) is 11.1. The van der Waals surface area contributed by atoms with Crippen molar-refractivity contribution in [2.24, 2.45) is 0 Å². The van der Waals surface area contributed by atoms with Crippen molar-refractivity contribution in [1.82, 2.24) is 5.32 Å². The smallest absolute Gasteiger partial charge is 0.328 e. The molecule has 1 aromatic rings. The van der Waals surface area contributed by atoms with Crippen molar-refractivity contribution in [2.45, 2.75) is 51.4 Å². The van der Waals surface area contributed by atoms with Gasteiger partial charge in [0.1, 0.15) is 6.04 Å². The van der Waals surface area contributed by atoms with Crippen molar-refractivity contribution in [1.29, 1.82) is 0 Å². The minimum atomic E-state index is -1.91. The number of ether oxygens (including phenoxy) is 1. The van der Waals surface area contributed by atoms with Crippen LogP contribution in [-0.4, -0.2) is 40.0 Å². The predicted molar refractivity (Wildman–Crippen MR) is 102 cm³/mol. The van der Waals surface area contributed by atoms with E-state index in [-0.39, 0.29) is 10.9 Å². The number of nitrogens with one attached hydrogen (secondary N) is 1. The summed E-state index contributed by atoms with van der Waals surface area (Å²) in [5, 5.41) is 3.34. The van der Waals surface area contributed by atoms with Crippen LogP contribution in [0.1, 0.15) is 37.6 Å². The van der Waals surface area contributed by atoms with Gasteiger partial charge in [0.15, 0.2) is 8.32 Å². The maximum Gasteiger partial charge on any atom is 0.328 e. The van der Waals surface area contributed by atoms with Crippen LogP contribution in [0, 0.1) is 0 Å². The number of hydrogen-bond donors (Lipinski definition) is 1. The summed E-state index contributed by atoms with van der Waals surface area (Å²) in [6.07, 6.45) is 0.360. The lowest BCUT2D eigenvalue weighted by atomic mass is 10.1. The van der Waals surface area contributed by atoms with Gasteiger partial charge in [-0.3, -0.25) is 4.79 Å². The van der Waals surface area contributed by atoms with E-state index in [1.165, 1.54) is 7.11 Å². The molecule has 0 saturated carbocycles. The molecule has 25 heavy (non-hydrogen) atoms. The normalized spacial score (nSPS) is 13.2. The fourth-order valence-corrected chi connectivity index (χ4v) is 3.07. The second-order valence-corrected chi connectivity index (χ2v) is 12.7. The Balaban J connectivity index is 2.70. The van der Waals surface area contributed by atoms with E-state index in [0.29, 0.717) is 23.6 Å². The number of halogens is 1. The van der Waals surface area contributed by atoms with E-state index in [1.54, 1.807) is 24.3 Å². The van der Waals surface area contributed by atoms with Crippen molar-refractivity contribution in [3.63, 3.8) is 0 Å². The molecule has 0 heterocycles. The maximum atomic E-state index is 12.3. The molecule has 1 rings (SSSR count). The van der Waals surface area contributed by atoms with Gasteiger partial charge < -0.3 is 14.5 Å². The van der Waals surface area contributed by atoms with Crippen molar-refractivity contribution in [3.05, 3.63) is 34.9 Å². The second kappa shape index (κ2) is 8.83. The molecule has 0 aliphatic heterocycles. The molecule has 0 fully saturated rings. The van der Waals surface area contributed by atoms with Crippen molar-refractivity contribution in [3.8, 4) is 0 Å². The Hall–Kier alpha value is -1.37. The van der Waals surface area contributed by atoms with E-state index in [9.17, 15) is 9.59 Å². The zero-order chi connectivity index (χ0) is 19.3. The molecule has 0 aliphatic carbocycles. The van der Waals surface area contributed by atoms with Crippen LogP contribution in [-0.2, 0) is 14.0 Å². The molecule has 1 amide bonds. The Bertz CT molecular complexity index is 596. The van der Waals surface area contributed by atoms with Gasteiger partial charge in [0, 0.05) is 23.6 Å². The number of hydrogen-bond acceptors (Lipinski definition) is 4. The molecular formula is C18H28ClNO4Si. The van der Waals surface area contributed by atoms with Crippen LogP contribution in [0.25, 0.3) is 0 Å². The van der Waals surface area contributed by atoms with Crippen molar-refractivity contribution < 1.29 is 18.8 Å². The van der Waals surface area contributed by atoms with E-state index in [0.717, 1.165) is 0 Å². The quantitative estimate of drug-likeness (QED) is 0.568. The van der Waals surface area contributed by atoms with Gasteiger partial charge in [-0.2, -0.15) is 0 Å². The van der Waals surface area contributed by atoms with Crippen LogP contribution in [0.5, 0.6) is 0 Å². The zero-order valence-corrected chi connectivity index (χ0v) is 17.6. The Morgan fingerprint density at radius 3 is 2.24 bits per heavy atom. The molecule has 1 atom stereocenters. The van der Waals surface area contributed by atoms with Gasteiger partial charge in [0.05, 0.1) is 7.11 Å². The summed E-state index contributed by atoms with van der Waals surface area (Å²) in [7, 11) is -0.602. The SMILES string of the molecule is COC(=O)[C@H](CCO[Si](C)(C)C(C)(C)C)NC(=O)c1ccc(Cl)cc1. The lowest BCUT2D eigenvalue weighted by Gasteiger charge is -2.36. The van der Waals surface area contributed by atoms with Gasteiger partial charge in [-0.25, -0.2) is 4.79 Å². The molecule has 7 heteroatoms. The van der Waals surface area contributed by atoms with E-state index in [1.807, 2.05) is 0 Å². The van der Waals surface area contributed by atoms with Crippen LogP contribution in [0.15, 0.2) is 24.3 Å². The van der Waals surface area contributed by atoms with Gasteiger partial charge in [-0.1, -0.05) is 32.4 Å². The third-order valence-corrected chi connectivity index (χ3v) is 9.36. The van der Waals surface area contributed by atoms with Gasteiger partial charge in [0.2, 0.25) is 0 Å². The molecule has 0 aliphatic rings. The Labute approximate surface area is 156 Å². The Kier molecular flexibility index (Phi) is 7.65. The first-order valence-corrected chi connectivity index (χ1v) is 11.5. The average Bonchev–Trinajstić information content (AvgIpc) is 2.52. The zero-order valence-electron chi connectivity index (χ0n) is 15.8. The molecule has 0 aromatic heterocycles. The van der Waals surface area contributed by atoms with Gasteiger partial charge in [-0.15, -0.1) is 0 Å². The first kappa shape index (κ1) is 21.7. The lowest BCUT2D eigenvalue weighted by molar-refractivity contribution is -0.143. The van der Waals surface area contributed by atoms with E-state index < -0.39 is 20.3 Å². The third kappa shape index (κ3) is 6.45. The predicted octanol–water partition coefficient (Wildman–Crippen LogP) is 4.02. The third-order valence-electron chi connectivity index (χ3n) is 4.57. The molecule has 0 spiro atoms. The van der Waals surface area contributed by atoms with E-state index in [4.69, 9.17) is 20.8 Å². The van der Waals surface area contributed by atoms with Crippen LogP contribution in [0.4, 0.5) is 0 Å². The molecular weight excluding hydrogens is 358 g/mol. The molecule has 5 nitrogen and oxygen atoms in total. The summed E-state index contributed by atoms with van der Waals surface area (Å²) in [4.78, 5) is 24.3. The molecule has 0 bridgehead atoms. The van der Waals surface area contributed by atoms with E-state index >= 15 is 0 Å². The van der Waals surface area contributed by atoms with Gasteiger partial charge in [-0.05, 0) is 42.4 Å². The summed E-state index contributed by atoms with van der Waals surface area (Å²) in [5.41, 5.74) is 0.434. The molecule has 140 valence electrons. The highest BCUT2D eigenvalue weighted by atomic mass is 35.5. The van der Waals surface area contributed by atoms with Gasteiger partial charge in [0.25, 0.3) is 5.91 Å². The minimum absolute atomic E-state index is 0.0836. The average molecular weight is 386 g/mol. The number of methoxy groups -OCH3 is 1. The van der Waals surface area contributed by atoms with Crippen molar-refractivity contribution in [2.75, 3.05) is 13.7 Å². The van der Waals surface area contributed by atoms with Crippen LogP contribution in [0.2, 0.25) is 23.2 Å². The monoisotopic (exact) mass is 385 g/mol. The largest absolute Gasteiger partial charge is 0.467 e. The van der Waals surface area contributed by atoms with Crippen LogP contribution >= 0.6 is 11.6 Å². The number of carbonyl (C=O) groups is 2. The Morgan fingerprint density at radius 2 is 1.76 bits per heavy atom. The molecule has 0 saturated heterocycles. The highest BCUT2D eigenvalue weighted by molar-refractivity contribution is 6.74. The standard InChI is InChI=1S/C18H28ClNO4Si/c1-18(2,3)25(5,6)24-12-11-15(17(22)23-4)20-16(21)13-7-9-14(19)10-8-13/h7-10,15H,11-12H2,1-6H3,(H,20,21)/t15-/m0/s1. The Morgan fingerprint density at radius 1 is 1.20 bits per heavy atom. The van der Waals surface area contributed by atoms with Crippen LogP contribution in [0.3, 0.4) is 0 Å². The second-order valence-electron chi connectivity index (χ2n) is 7.45. The number of rotatable bonds is 7. The minimum Gasteiger partial charge on any atom is -0.467 e. The summed E-state index contributed by atoms with van der Waals surface area (Å²) in [5.74, 6) is -0.833. The first-order chi connectivity index (χ1) is 11.5. The van der Waals surface area contributed by atoms with Gasteiger partial charge >= 0.3 is 5.97 Å².